The van der Waals surface area contributed by atoms with E-state index in [1.165, 1.54) is 0 Å². The quantitative estimate of drug-likeness (QED) is 0.831. The molecule has 18 heavy (non-hydrogen) atoms. The molecular weight excluding hydrogens is 234 g/mol. The van der Waals surface area contributed by atoms with Gasteiger partial charge in [0.15, 0.2) is 11.5 Å². The molecule has 1 aliphatic rings. The molecule has 0 unspecified atom stereocenters. The van der Waals surface area contributed by atoms with E-state index in [2.05, 4.69) is 5.32 Å². The average Bonchev–Trinajstić information content (AvgIpc) is 2.41. The van der Waals surface area contributed by atoms with Crippen molar-refractivity contribution in [2.45, 2.75) is 18.6 Å². The maximum Gasteiger partial charge on any atom is 0.164 e. The molecule has 0 aromatic heterocycles. The number of benzene rings is 1. The monoisotopic (exact) mass is 253 g/mol. The number of rotatable bonds is 4. The Morgan fingerprint density at radius 2 is 2.00 bits per heavy atom. The Bertz CT molecular complexity index is 397. The standard InChI is InChI=1S/C13H19NO4/c1-16-12-4-3-9(7-13(12)17-2)18-11-5-6-14-8-10(11)15/h3-4,7,10-11,14-15H,5-6,8H2,1-2H3/t10-,11-/m0/s1. The predicted octanol–water partition coefficient (Wildman–Crippen LogP) is 0.805. The van der Waals surface area contributed by atoms with E-state index in [-0.39, 0.29) is 6.10 Å². The third-order valence-electron chi connectivity index (χ3n) is 3.03. The van der Waals surface area contributed by atoms with Crippen molar-refractivity contribution >= 4 is 0 Å². The Morgan fingerprint density at radius 1 is 1.22 bits per heavy atom. The Kier molecular flexibility index (Phi) is 4.28. The van der Waals surface area contributed by atoms with Gasteiger partial charge in [-0.3, -0.25) is 0 Å². The van der Waals surface area contributed by atoms with Crippen molar-refractivity contribution in [2.24, 2.45) is 0 Å². The molecule has 1 aliphatic heterocycles. The van der Waals surface area contributed by atoms with Gasteiger partial charge in [0.1, 0.15) is 18.0 Å². The minimum absolute atomic E-state index is 0.177. The van der Waals surface area contributed by atoms with Crippen LogP contribution in [0, 0.1) is 0 Å². The van der Waals surface area contributed by atoms with Crippen LogP contribution in [-0.4, -0.2) is 44.6 Å². The van der Waals surface area contributed by atoms with E-state index in [9.17, 15) is 5.11 Å². The van der Waals surface area contributed by atoms with Crippen LogP contribution in [0.2, 0.25) is 0 Å². The fourth-order valence-corrected chi connectivity index (χ4v) is 2.02. The first-order chi connectivity index (χ1) is 8.74. The number of piperidine rings is 1. The lowest BCUT2D eigenvalue weighted by molar-refractivity contribution is 0.0161. The van der Waals surface area contributed by atoms with Crippen LogP contribution in [0.5, 0.6) is 17.2 Å². The Balaban J connectivity index is 2.08. The number of nitrogens with one attached hydrogen (secondary N) is 1. The molecule has 2 N–H and O–H groups in total. The van der Waals surface area contributed by atoms with Crippen LogP contribution in [0.15, 0.2) is 18.2 Å². The summed E-state index contributed by atoms with van der Waals surface area (Å²) in [6, 6.07) is 5.38. The highest BCUT2D eigenvalue weighted by molar-refractivity contribution is 5.45. The lowest BCUT2D eigenvalue weighted by Gasteiger charge is -2.29. The molecule has 100 valence electrons. The fraction of sp³-hybridized carbons (Fsp3) is 0.538. The van der Waals surface area contributed by atoms with Gasteiger partial charge in [0.25, 0.3) is 0 Å². The van der Waals surface area contributed by atoms with Crippen molar-refractivity contribution in [3.8, 4) is 17.2 Å². The first-order valence-electron chi connectivity index (χ1n) is 6.02. The zero-order valence-corrected chi connectivity index (χ0v) is 10.7. The SMILES string of the molecule is COc1ccc(O[C@H]2CCNC[C@@H]2O)cc1OC. The summed E-state index contributed by atoms with van der Waals surface area (Å²) in [6.07, 6.45) is 0.131. The number of ether oxygens (including phenoxy) is 3. The summed E-state index contributed by atoms with van der Waals surface area (Å²) in [6.45, 7) is 1.42. The Morgan fingerprint density at radius 3 is 2.67 bits per heavy atom. The van der Waals surface area contributed by atoms with Gasteiger partial charge in [0, 0.05) is 12.6 Å². The lowest BCUT2D eigenvalue weighted by Crippen LogP contribution is -2.46. The zero-order valence-electron chi connectivity index (χ0n) is 10.7. The molecule has 0 bridgehead atoms. The summed E-state index contributed by atoms with van der Waals surface area (Å²) in [7, 11) is 3.18. The van der Waals surface area contributed by atoms with Crippen LogP contribution < -0.4 is 19.5 Å². The number of hydrogen-bond donors (Lipinski definition) is 2. The van der Waals surface area contributed by atoms with E-state index in [1.54, 1.807) is 26.4 Å². The molecule has 1 aromatic rings. The summed E-state index contributed by atoms with van der Waals surface area (Å²) in [5.41, 5.74) is 0. The molecule has 0 amide bonds. The minimum Gasteiger partial charge on any atom is -0.493 e. The highest BCUT2D eigenvalue weighted by Crippen LogP contribution is 2.31. The zero-order chi connectivity index (χ0) is 13.0. The van der Waals surface area contributed by atoms with Crippen LogP contribution in [0.1, 0.15) is 6.42 Å². The van der Waals surface area contributed by atoms with E-state index in [0.29, 0.717) is 23.8 Å². The normalized spacial score (nSPS) is 23.5. The molecule has 5 nitrogen and oxygen atoms in total. The number of aliphatic hydroxyl groups is 1. The minimum atomic E-state index is -0.480. The number of aliphatic hydroxyl groups excluding tert-OH is 1. The van der Waals surface area contributed by atoms with Crippen LogP contribution >= 0.6 is 0 Å². The van der Waals surface area contributed by atoms with Crippen molar-refractivity contribution in [3.63, 3.8) is 0 Å². The van der Waals surface area contributed by atoms with Gasteiger partial charge < -0.3 is 24.6 Å². The van der Waals surface area contributed by atoms with Crippen molar-refractivity contribution in [3.05, 3.63) is 18.2 Å². The highest BCUT2D eigenvalue weighted by Gasteiger charge is 2.24. The Labute approximate surface area is 107 Å². The van der Waals surface area contributed by atoms with E-state index in [0.717, 1.165) is 13.0 Å². The molecule has 1 fully saturated rings. The number of methoxy groups -OCH3 is 2. The van der Waals surface area contributed by atoms with E-state index in [1.807, 2.05) is 6.07 Å². The van der Waals surface area contributed by atoms with Gasteiger partial charge in [0.2, 0.25) is 0 Å². The summed E-state index contributed by atoms with van der Waals surface area (Å²) >= 11 is 0. The smallest absolute Gasteiger partial charge is 0.164 e. The van der Waals surface area contributed by atoms with Crippen molar-refractivity contribution in [1.29, 1.82) is 0 Å². The predicted molar refractivity (Wildman–Crippen MR) is 67.5 cm³/mol. The van der Waals surface area contributed by atoms with E-state index >= 15 is 0 Å². The third-order valence-corrected chi connectivity index (χ3v) is 3.03. The summed E-state index contributed by atoms with van der Waals surface area (Å²) in [5.74, 6) is 1.97. The van der Waals surface area contributed by atoms with E-state index < -0.39 is 6.10 Å². The molecule has 0 spiro atoms. The largest absolute Gasteiger partial charge is 0.493 e. The number of hydrogen-bond acceptors (Lipinski definition) is 5. The van der Waals surface area contributed by atoms with Crippen LogP contribution in [0.4, 0.5) is 0 Å². The van der Waals surface area contributed by atoms with Crippen molar-refractivity contribution in [1.82, 2.24) is 5.32 Å². The lowest BCUT2D eigenvalue weighted by atomic mass is 10.1. The van der Waals surface area contributed by atoms with Gasteiger partial charge in [-0.15, -0.1) is 0 Å². The van der Waals surface area contributed by atoms with Crippen LogP contribution in [0.3, 0.4) is 0 Å². The maximum atomic E-state index is 9.81. The molecule has 1 saturated heterocycles. The van der Waals surface area contributed by atoms with Gasteiger partial charge in [0.05, 0.1) is 14.2 Å². The maximum absolute atomic E-state index is 9.81. The molecule has 0 aliphatic carbocycles. The van der Waals surface area contributed by atoms with Gasteiger partial charge in [-0.2, -0.15) is 0 Å². The summed E-state index contributed by atoms with van der Waals surface area (Å²) in [4.78, 5) is 0. The second-order valence-corrected chi connectivity index (χ2v) is 4.23. The van der Waals surface area contributed by atoms with Gasteiger partial charge in [-0.05, 0) is 25.1 Å². The fourth-order valence-electron chi connectivity index (χ4n) is 2.02. The molecule has 2 rings (SSSR count). The van der Waals surface area contributed by atoms with Gasteiger partial charge >= 0.3 is 0 Å². The highest BCUT2D eigenvalue weighted by atomic mass is 16.5. The summed E-state index contributed by atoms with van der Waals surface area (Å²) in [5, 5.41) is 12.9. The first-order valence-corrected chi connectivity index (χ1v) is 6.02. The first kappa shape index (κ1) is 13.0. The second-order valence-electron chi connectivity index (χ2n) is 4.23. The average molecular weight is 253 g/mol. The topological polar surface area (TPSA) is 60.0 Å². The van der Waals surface area contributed by atoms with Crippen molar-refractivity contribution < 1.29 is 19.3 Å². The molecule has 0 saturated carbocycles. The van der Waals surface area contributed by atoms with Crippen molar-refractivity contribution in [2.75, 3.05) is 27.3 Å². The molecule has 1 heterocycles. The van der Waals surface area contributed by atoms with Crippen LogP contribution in [0.25, 0.3) is 0 Å². The molecule has 1 aromatic carbocycles. The molecule has 2 atom stereocenters. The van der Waals surface area contributed by atoms with Gasteiger partial charge in [-0.25, -0.2) is 0 Å². The third kappa shape index (κ3) is 2.86. The molecule has 0 radical (unpaired) electrons. The Hall–Kier alpha value is -1.46. The van der Waals surface area contributed by atoms with Crippen LogP contribution in [-0.2, 0) is 0 Å². The molecular formula is C13H19NO4. The number of β-amino-alcohol motifs (C(OH)–C–C–N with tert-alkyl or cyclic N) is 1. The van der Waals surface area contributed by atoms with E-state index in [4.69, 9.17) is 14.2 Å². The second kappa shape index (κ2) is 5.93. The summed E-state index contributed by atoms with van der Waals surface area (Å²) < 4.78 is 16.2. The molecule has 5 heteroatoms. The van der Waals surface area contributed by atoms with Gasteiger partial charge in [-0.1, -0.05) is 0 Å².